The van der Waals surface area contributed by atoms with E-state index < -0.39 is 0 Å². The lowest BCUT2D eigenvalue weighted by Crippen LogP contribution is -2.32. The standard InChI is InChI=1S/C13H20N2O/c1-10-4-5-12(11(14)8-10)15-9-13(2)6-3-7-16-13/h4-5,8,15H,3,6-7,9,14H2,1-2H3. The van der Waals surface area contributed by atoms with Gasteiger partial charge in [0.1, 0.15) is 0 Å². The van der Waals surface area contributed by atoms with Crippen LogP contribution < -0.4 is 11.1 Å². The molecule has 0 spiro atoms. The molecule has 3 nitrogen and oxygen atoms in total. The average molecular weight is 220 g/mol. The highest BCUT2D eigenvalue weighted by Crippen LogP contribution is 2.27. The van der Waals surface area contributed by atoms with E-state index in [1.807, 2.05) is 19.1 Å². The van der Waals surface area contributed by atoms with Crippen LogP contribution in [-0.2, 0) is 4.74 Å². The number of aryl methyl sites for hydroxylation is 1. The van der Waals surface area contributed by atoms with E-state index in [4.69, 9.17) is 10.5 Å². The molecule has 1 aliphatic rings. The van der Waals surface area contributed by atoms with Crippen LogP contribution in [0.15, 0.2) is 18.2 Å². The highest BCUT2D eigenvalue weighted by atomic mass is 16.5. The lowest BCUT2D eigenvalue weighted by atomic mass is 10.0. The first-order chi connectivity index (χ1) is 7.59. The average Bonchev–Trinajstić information content (AvgIpc) is 2.64. The van der Waals surface area contributed by atoms with Crippen LogP contribution in [0.25, 0.3) is 0 Å². The molecule has 0 radical (unpaired) electrons. The largest absolute Gasteiger partial charge is 0.397 e. The summed E-state index contributed by atoms with van der Waals surface area (Å²) in [5.41, 5.74) is 8.91. The normalized spacial score (nSPS) is 24.6. The van der Waals surface area contributed by atoms with Crippen molar-refractivity contribution in [2.45, 2.75) is 32.3 Å². The minimum absolute atomic E-state index is 0.0304. The van der Waals surface area contributed by atoms with Gasteiger partial charge in [0, 0.05) is 13.2 Å². The minimum atomic E-state index is -0.0304. The molecule has 3 heteroatoms. The molecule has 1 atom stereocenters. The molecular formula is C13H20N2O. The van der Waals surface area contributed by atoms with Crippen LogP contribution in [-0.4, -0.2) is 18.8 Å². The van der Waals surface area contributed by atoms with Crippen molar-refractivity contribution in [2.75, 3.05) is 24.2 Å². The molecule has 0 aromatic heterocycles. The van der Waals surface area contributed by atoms with Crippen molar-refractivity contribution in [2.24, 2.45) is 0 Å². The predicted octanol–water partition coefficient (Wildman–Crippen LogP) is 2.56. The predicted molar refractivity (Wildman–Crippen MR) is 67.7 cm³/mol. The molecule has 1 unspecified atom stereocenters. The van der Waals surface area contributed by atoms with Crippen LogP contribution in [0.4, 0.5) is 11.4 Å². The van der Waals surface area contributed by atoms with E-state index in [0.29, 0.717) is 0 Å². The highest BCUT2D eigenvalue weighted by molar-refractivity contribution is 5.66. The Balaban J connectivity index is 1.99. The van der Waals surface area contributed by atoms with Gasteiger partial charge in [-0.05, 0) is 44.4 Å². The number of benzene rings is 1. The van der Waals surface area contributed by atoms with E-state index in [1.165, 1.54) is 5.56 Å². The fourth-order valence-electron chi connectivity index (χ4n) is 2.10. The summed E-state index contributed by atoms with van der Waals surface area (Å²) in [5, 5.41) is 3.37. The zero-order valence-electron chi connectivity index (χ0n) is 10.0. The van der Waals surface area contributed by atoms with Crippen molar-refractivity contribution in [1.29, 1.82) is 0 Å². The van der Waals surface area contributed by atoms with Gasteiger partial charge >= 0.3 is 0 Å². The summed E-state index contributed by atoms with van der Waals surface area (Å²) in [7, 11) is 0. The number of nitrogens with one attached hydrogen (secondary N) is 1. The Morgan fingerprint density at radius 1 is 1.50 bits per heavy atom. The molecule has 2 rings (SSSR count). The Bertz CT molecular complexity index is 370. The fraction of sp³-hybridized carbons (Fsp3) is 0.538. The summed E-state index contributed by atoms with van der Waals surface area (Å²) in [5.74, 6) is 0. The first-order valence-corrected chi connectivity index (χ1v) is 5.83. The third-order valence-electron chi connectivity index (χ3n) is 3.16. The Hall–Kier alpha value is -1.22. The summed E-state index contributed by atoms with van der Waals surface area (Å²) >= 11 is 0. The van der Waals surface area contributed by atoms with Crippen LogP contribution >= 0.6 is 0 Å². The highest BCUT2D eigenvalue weighted by Gasteiger charge is 2.29. The lowest BCUT2D eigenvalue weighted by molar-refractivity contribution is 0.0315. The Kier molecular flexibility index (Phi) is 3.06. The van der Waals surface area contributed by atoms with Gasteiger partial charge < -0.3 is 15.8 Å². The van der Waals surface area contributed by atoms with Crippen molar-refractivity contribution in [3.05, 3.63) is 23.8 Å². The van der Waals surface area contributed by atoms with Crippen LogP contribution in [0.1, 0.15) is 25.3 Å². The number of hydrogen-bond acceptors (Lipinski definition) is 3. The zero-order valence-corrected chi connectivity index (χ0v) is 10.0. The number of nitrogen functional groups attached to an aromatic ring is 1. The quantitative estimate of drug-likeness (QED) is 0.770. The van der Waals surface area contributed by atoms with Gasteiger partial charge in [-0.3, -0.25) is 0 Å². The second-order valence-electron chi connectivity index (χ2n) is 4.85. The summed E-state index contributed by atoms with van der Waals surface area (Å²) in [6, 6.07) is 6.08. The van der Waals surface area contributed by atoms with Crippen molar-refractivity contribution < 1.29 is 4.74 Å². The van der Waals surface area contributed by atoms with Crippen LogP contribution in [0.2, 0.25) is 0 Å². The van der Waals surface area contributed by atoms with Gasteiger partial charge in [-0.2, -0.15) is 0 Å². The Labute approximate surface area is 97.0 Å². The molecule has 1 fully saturated rings. The summed E-state index contributed by atoms with van der Waals surface area (Å²) in [6.07, 6.45) is 2.27. The number of ether oxygens (including phenoxy) is 1. The van der Waals surface area contributed by atoms with E-state index in [0.717, 1.165) is 37.4 Å². The fourth-order valence-corrected chi connectivity index (χ4v) is 2.10. The van der Waals surface area contributed by atoms with E-state index in [2.05, 4.69) is 18.3 Å². The first-order valence-electron chi connectivity index (χ1n) is 5.83. The maximum absolute atomic E-state index is 5.95. The summed E-state index contributed by atoms with van der Waals surface area (Å²) in [4.78, 5) is 0. The smallest absolute Gasteiger partial charge is 0.0826 e. The molecule has 0 saturated carbocycles. The molecule has 1 aromatic rings. The molecule has 1 aliphatic heterocycles. The zero-order chi connectivity index (χ0) is 11.6. The molecule has 16 heavy (non-hydrogen) atoms. The van der Waals surface area contributed by atoms with Crippen molar-refractivity contribution in [3.63, 3.8) is 0 Å². The molecule has 88 valence electrons. The van der Waals surface area contributed by atoms with Gasteiger partial charge in [0.2, 0.25) is 0 Å². The first kappa shape index (κ1) is 11.3. The topological polar surface area (TPSA) is 47.3 Å². The Morgan fingerprint density at radius 3 is 2.94 bits per heavy atom. The third kappa shape index (κ3) is 2.47. The summed E-state index contributed by atoms with van der Waals surface area (Å²) in [6.45, 7) is 5.89. The molecule has 0 bridgehead atoms. The molecular weight excluding hydrogens is 200 g/mol. The molecule has 1 heterocycles. The lowest BCUT2D eigenvalue weighted by Gasteiger charge is -2.24. The van der Waals surface area contributed by atoms with Gasteiger partial charge in [0.05, 0.1) is 17.0 Å². The van der Waals surface area contributed by atoms with Gasteiger partial charge in [-0.25, -0.2) is 0 Å². The van der Waals surface area contributed by atoms with Gasteiger partial charge in [-0.1, -0.05) is 6.07 Å². The van der Waals surface area contributed by atoms with Crippen molar-refractivity contribution in [1.82, 2.24) is 0 Å². The number of anilines is 2. The minimum Gasteiger partial charge on any atom is -0.397 e. The van der Waals surface area contributed by atoms with Crippen molar-refractivity contribution in [3.8, 4) is 0 Å². The molecule has 1 saturated heterocycles. The van der Waals surface area contributed by atoms with E-state index in [-0.39, 0.29) is 5.60 Å². The van der Waals surface area contributed by atoms with Crippen LogP contribution in [0, 0.1) is 6.92 Å². The Morgan fingerprint density at radius 2 is 2.31 bits per heavy atom. The number of nitrogens with two attached hydrogens (primary N) is 1. The van der Waals surface area contributed by atoms with E-state index in [9.17, 15) is 0 Å². The van der Waals surface area contributed by atoms with Crippen LogP contribution in [0.3, 0.4) is 0 Å². The monoisotopic (exact) mass is 220 g/mol. The molecule has 1 aromatic carbocycles. The molecule has 3 N–H and O–H groups in total. The molecule has 0 aliphatic carbocycles. The second-order valence-corrected chi connectivity index (χ2v) is 4.85. The van der Waals surface area contributed by atoms with Gasteiger partial charge in [0.25, 0.3) is 0 Å². The van der Waals surface area contributed by atoms with E-state index in [1.54, 1.807) is 0 Å². The van der Waals surface area contributed by atoms with Gasteiger partial charge in [0.15, 0.2) is 0 Å². The van der Waals surface area contributed by atoms with E-state index >= 15 is 0 Å². The second kappa shape index (κ2) is 4.34. The number of rotatable bonds is 3. The number of hydrogen-bond donors (Lipinski definition) is 2. The maximum Gasteiger partial charge on any atom is 0.0826 e. The van der Waals surface area contributed by atoms with Gasteiger partial charge in [-0.15, -0.1) is 0 Å². The van der Waals surface area contributed by atoms with Crippen molar-refractivity contribution >= 4 is 11.4 Å². The SMILES string of the molecule is Cc1ccc(NCC2(C)CCCO2)c(N)c1. The molecule has 0 amide bonds. The maximum atomic E-state index is 5.95. The summed E-state index contributed by atoms with van der Waals surface area (Å²) < 4.78 is 5.72. The van der Waals surface area contributed by atoms with Crippen LogP contribution in [0.5, 0.6) is 0 Å². The third-order valence-corrected chi connectivity index (χ3v) is 3.16.